The zero-order valence-electron chi connectivity index (χ0n) is 10.5. The molecule has 0 atom stereocenters. The van der Waals surface area contributed by atoms with E-state index < -0.39 is 0 Å². The van der Waals surface area contributed by atoms with Crippen LogP contribution in [0.3, 0.4) is 0 Å². The molecule has 1 aliphatic carbocycles. The van der Waals surface area contributed by atoms with Crippen LogP contribution >= 0.6 is 0 Å². The van der Waals surface area contributed by atoms with E-state index in [1.165, 1.54) is 12.8 Å². The first-order valence-electron chi connectivity index (χ1n) is 6.31. The maximum Gasteiger partial charge on any atom is 0.133 e. The predicted molar refractivity (Wildman–Crippen MR) is 64.8 cm³/mol. The summed E-state index contributed by atoms with van der Waals surface area (Å²) in [7, 11) is 0. The molecule has 1 saturated carbocycles. The molecule has 6 nitrogen and oxygen atoms in total. The molecule has 0 spiro atoms. The number of nitrogens with one attached hydrogen (secondary N) is 1. The van der Waals surface area contributed by atoms with Crippen LogP contribution in [-0.4, -0.2) is 26.7 Å². The van der Waals surface area contributed by atoms with Crippen LogP contribution in [-0.2, 0) is 13.1 Å². The predicted octanol–water partition coefficient (Wildman–Crippen LogP) is 1.12. The van der Waals surface area contributed by atoms with Gasteiger partial charge in [0.15, 0.2) is 0 Å². The second-order valence-corrected chi connectivity index (χ2v) is 4.91. The minimum absolute atomic E-state index is 0.604. The standard InChI is InChI=1S/C12H17N5O/c1-9-4-11(15-18-9)7-17-8-12(14-16-17)6-13-5-10-2-3-10/h4,8,10,13H,2-3,5-7H2,1H3. The average Bonchev–Trinajstić information content (AvgIpc) is 2.92. The maximum atomic E-state index is 5.02. The minimum Gasteiger partial charge on any atom is -0.361 e. The lowest BCUT2D eigenvalue weighted by Crippen LogP contribution is -2.16. The van der Waals surface area contributed by atoms with Crippen LogP contribution in [0.15, 0.2) is 16.8 Å². The van der Waals surface area contributed by atoms with Gasteiger partial charge in [-0.25, -0.2) is 4.68 Å². The molecule has 0 aliphatic heterocycles. The first-order valence-corrected chi connectivity index (χ1v) is 6.31. The molecule has 0 unspecified atom stereocenters. The maximum absolute atomic E-state index is 5.02. The van der Waals surface area contributed by atoms with Gasteiger partial charge in [0.25, 0.3) is 0 Å². The summed E-state index contributed by atoms with van der Waals surface area (Å²) in [5.41, 5.74) is 1.84. The van der Waals surface area contributed by atoms with Gasteiger partial charge in [0.1, 0.15) is 11.5 Å². The molecular weight excluding hydrogens is 230 g/mol. The zero-order valence-corrected chi connectivity index (χ0v) is 10.5. The van der Waals surface area contributed by atoms with Crippen LogP contribution in [0, 0.1) is 12.8 Å². The third-order valence-electron chi connectivity index (χ3n) is 3.02. The molecule has 1 N–H and O–H groups in total. The van der Waals surface area contributed by atoms with E-state index in [0.717, 1.165) is 36.2 Å². The molecule has 18 heavy (non-hydrogen) atoms. The number of aromatic nitrogens is 4. The van der Waals surface area contributed by atoms with Gasteiger partial charge in [-0.15, -0.1) is 5.10 Å². The third kappa shape index (κ3) is 2.95. The SMILES string of the molecule is Cc1cc(Cn2cc(CNCC3CC3)nn2)no1. The van der Waals surface area contributed by atoms with Crippen molar-refractivity contribution in [3.05, 3.63) is 29.4 Å². The molecule has 2 aromatic heterocycles. The quantitative estimate of drug-likeness (QED) is 0.828. The van der Waals surface area contributed by atoms with Crippen molar-refractivity contribution in [2.24, 2.45) is 5.92 Å². The molecule has 6 heteroatoms. The van der Waals surface area contributed by atoms with E-state index in [-0.39, 0.29) is 0 Å². The van der Waals surface area contributed by atoms with Crippen LogP contribution in [0.4, 0.5) is 0 Å². The van der Waals surface area contributed by atoms with E-state index in [0.29, 0.717) is 6.54 Å². The highest BCUT2D eigenvalue weighted by Crippen LogP contribution is 2.27. The van der Waals surface area contributed by atoms with Gasteiger partial charge < -0.3 is 9.84 Å². The van der Waals surface area contributed by atoms with Crippen molar-refractivity contribution < 1.29 is 4.52 Å². The number of aryl methyl sites for hydroxylation is 1. The summed E-state index contributed by atoms with van der Waals surface area (Å²) in [6.45, 7) is 4.36. The van der Waals surface area contributed by atoms with Crippen LogP contribution < -0.4 is 5.32 Å². The number of hydrogen-bond donors (Lipinski definition) is 1. The number of rotatable bonds is 6. The summed E-state index contributed by atoms with van der Waals surface area (Å²) < 4.78 is 6.80. The van der Waals surface area contributed by atoms with Crippen molar-refractivity contribution in [3.8, 4) is 0 Å². The van der Waals surface area contributed by atoms with E-state index >= 15 is 0 Å². The topological polar surface area (TPSA) is 68.8 Å². The van der Waals surface area contributed by atoms with E-state index in [2.05, 4.69) is 20.8 Å². The Labute approximate surface area is 105 Å². The first kappa shape index (κ1) is 11.4. The van der Waals surface area contributed by atoms with Crippen molar-refractivity contribution in [2.45, 2.75) is 32.9 Å². The highest BCUT2D eigenvalue weighted by Gasteiger charge is 2.20. The van der Waals surface area contributed by atoms with Gasteiger partial charge >= 0.3 is 0 Å². The lowest BCUT2D eigenvalue weighted by molar-refractivity contribution is 0.387. The Kier molecular flexibility index (Phi) is 3.10. The van der Waals surface area contributed by atoms with Gasteiger partial charge in [0.2, 0.25) is 0 Å². The van der Waals surface area contributed by atoms with Crippen LogP contribution in [0.2, 0.25) is 0 Å². The summed E-state index contributed by atoms with van der Waals surface area (Å²) >= 11 is 0. The second-order valence-electron chi connectivity index (χ2n) is 4.91. The molecule has 1 aliphatic rings. The van der Waals surface area contributed by atoms with E-state index in [9.17, 15) is 0 Å². The highest BCUT2D eigenvalue weighted by atomic mass is 16.5. The Balaban J connectivity index is 1.52. The molecule has 96 valence electrons. The Hall–Kier alpha value is -1.69. The van der Waals surface area contributed by atoms with Crippen molar-refractivity contribution in [2.75, 3.05) is 6.54 Å². The fraction of sp³-hybridized carbons (Fsp3) is 0.583. The first-order chi connectivity index (χ1) is 8.79. The number of nitrogens with zero attached hydrogens (tertiary/aromatic N) is 4. The lowest BCUT2D eigenvalue weighted by atomic mass is 10.4. The van der Waals surface area contributed by atoms with Gasteiger partial charge in [-0.1, -0.05) is 10.4 Å². The van der Waals surface area contributed by atoms with Crippen molar-refractivity contribution in [1.29, 1.82) is 0 Å². The van der Waals surface area contributed by atoms with Gasteiger partial charge in [0, 0.05) is 12.6 Å². The molecular formula is C12H17N5O. The normalized spacial score (nSPS) is 15.2. The molecule has 0 radical (unpaired) electrons. The van der Waals surface area contributed by atoms with Crippen LogP contribution in [0.5, 0.6) is 0 Å². The second kappa shape index (κ2) is 4.89. The van der Waals surface area contributed by atoms with E-state index in [4.69, 9.17) is 4.52 Å². The number of hydrogen-bond acceptors (Lipinski definition) is 5. The lowest BCUT2D eigenvalue weighted by Gasteiger charge is -1.98. The summed E-state index contributed by atoms with van der Waals surface area (Å²) in [6.07, 6.45) is 4.68. The van der Waals surface area contributed by atoms with Crippen LogP contribution in [0.25, 0.3) is 0 Å². The van der Waals surface area contributed by atoms with Gasteiger partial charge in [-0.05, 0) is 32.2 Å². The molecule has 0 bridgehead atoms. The summed E-state index contributed by atoms with van der Waals surface area (Å²) in [6, 6.07) is 1.91. The van der Waals surface area contributed by atoms with Crippen molar-refractivity contribution in [1.82, 2.24) is 25.5 Å². The molecule has 0 aromatic carbocycles. The fourth-order valence-electron chi connectivity index (χ4n) is 1.88. The molecule has 1 fully saturated rings. The van der Waals surface area contributed by atoms with E-state index in [1.54, 1.807) is 4.68 Å². The minimum atomic E-state index is 0.604. The average molecular weight is 247 g/mol. The van der Waals surface area contributed by atoms with Gasteiger partial charge in [-0.3, -0.25) is 0 Å². The van der Waals surface area contributed by atoms with Gasteiger partial charge in [-0.2, -0.15) is 0 Å². The fourth-order valence-corrected chi connectivity index (χ4v) is 1.88. The third-order valence-corrected chi connectivity index (χ3v) is 3.02. The Morgan fingerprint density at radius 3 is 3.06 bits per heavy atom. The molecule has 0 saturated heterocycles. The highest BCUT2D eigenvalue weighted by molar-refractivity contribution is 5.04. The largest absolute Gasteiger partial charge is 0.361 e. The van der Waals surface area contributed by atoms with Gasteiger partial charge in [0.05, 0.1) is 18.4 Å². The summed E-state index contributed by atoms with van der Waals surface area (Å²) in [5, 5.41) is 15.5. The smallest absolute Gasteiger partial charge is 0.133 e. The summed E-state index contributed by atoms with van der Waals surface area (Å²) in [5.74, 6) is 1.70. The molecule has 3 rings (SSSR count). The zero-order chi connectivity index (χ0) is 12.4. The monoisotopic (exact) mass is 247 g/mol. The molecule has 0 amide bonds. The van der Waals surface area contributed by atoms with Crippen molar-refractivity contribution in [3.63, 3.8) is 0 Å². The van der Waals surface area contributed by atoms with Crippen LogP contribution in [0.1, 0.15) is 30.0 Å². The Morgan fingerprint density at radius 1 is 1.44 bits per heavy atom. The Bertz CT molecular complexity index is 514. The Morgan fingerprint density at radius 2 is 2.33 bits per heavy atom. The molecule has 2 heterocycles. The van der Waals surface area contributed by atoms with Crippen molar-refractivity contribution >= 4 is 0 Å². The van der Waals surface area contributed by atoms with E-state index in [1.807, 2.05) is 19.2 Å². The summed E-state index contributed by atoms with van der Waals surface area (Å²) in [4.78, 5) is 0. The molecule has 2 aromatic rings.